The quantitative estimate of drug-likeness (QED) is 0.825. The average Bonchev–Trinajstić information content (AvgIpc) is 3.30. The van der Waals surface area contributed by atoms with Gasteiger partial charge in [-0.3, -0.25) is 14.4 Å². The molecule has 7 nitrogen and oxygen atoms in total. The number of carbonyl (C=O) groups is 3. The lowest BCUT2D eigenvalue weighted by molar-refractivity contribution is -0.138. The molecule has 0 bridgehead atoms. The van der Waals surface area contributed by atoms with Gasteiger partial charge in [-0.15, -0.1) is 0 Å². The number of benzene rings is 1. The summed E-state index contributed by atoms with van der Waals surface area (Å²) in [5.74, 6) is -0.0200. The molecule has 31 heavy (non-hydrogen) atoms. The van der Waals surface area contributed by atoms with Crippen LogP contribution in [0.3, 0.4) is 0 Å². The number of rotatable bonds is 4. The topological polar surface area (TPSA) is 82.6 Å². The summed E-state index contributed by atoms with van der Waals surface area (Å²) in [4.78, 5) is 46.7. The summed E-state index contributed by atoms with van der Waals surface area (Å²) in [6.07, 6.45) is 4.69. The molecule has 0 aliphatic carbocycles. The van der Waals surface area contributed by atoms with Crippen molar-refractivity contribution in [3.63, 3.8) is 0 Å². The first-order valence-electron chi connectivity index (χ1n) is 10.9. The molecule has 2 aliphatic rings. The number of anilines is 1. The first kappa shape index (κ1) is 21.0. The van der Waals surface area contributed by atoms with Crippen LogP contribution in [0.5, 0.6) is 0 Å². The molecule has 4 rings (SSSR count). The molecule has 3 amide bonds. The third kappa shape index (κ3) is 4.76. The average molecular weight is 421 g/mol. The number of piperidine rings is 1. The van der Waals surface area contributed by atoms with Crippen LogP contribution in [0.4, 0.5) is 5.82 Å². The third-order valence-electron chi connectivity index (χ3n) is 6.09. The molecular weight excluding hydrogens is 392 g/mol. The van der Waals surface area contributed by atoms with Crippen LogP contribution in [-0.2, 0) is 9.59 Å². The van der Waals surface area contributed by atoms with Crippen molar-refractivity contribution in [1.82, 2.24) is 14.8 Å². The van der Waals surface area contributed by atoms with E-state index in [0.717, 1.165) is 24.8 Å². The second-order valence-electron chi connectivity index (χ2n) is 8.36. The van der Waals surface area contributed by atoms with Crippen molar-refractivity contribution in [3.05, 3.63) is 59.8 Å². The molecule has 162 valence electrons. The minimum Gasteiger partial charge on any atom is -0.340 e. The number of nitrogens with zero attached hydrogens (tertiary/aromatic N) is 3. The van der Waals surface area contributed by atoms with Gasteiger partial charge in [-0.25, -0.2) is 4.98 Å². The Morgan fingerprint density at radius 1 is 1.00 bits per heavy atom. The van der Waals surface area contributed by atoms with Crippen LogP contribution < -0.4 is 5.32 Å². The Labute approximate surface area is 182 Å². The van der Waals surface area contributed by atoms with Crippen molar-refractivity contribution < 1.29 is 14.4 Å². The highest BCUT2D eigenvalue weighted by Gasteiger charge is 2.39. The van der Waals surface area contributed by atoms with Crippen LogP contribution in [0.25, 0.3) is 0 Å². The Morgan fingerprint density at radius 2 is 1.77 bits per heavy atom. The van der Waals surface area contributed by atoms with Gasteiger partial charge in [-0.05, 0) is 56.4 Å². The SMILES string of the molecule is Cc1ccc(NC(=O)C2CCCN(C(=O)C3CCCN3C(=O)c3ccccc3)C2)nc1. The predicted molar refractivity (Wildman–Crippen MR) is 117 cm³/mol. The maximum Gasteiger partial charge on any atom is 0.254 e. The summed E-state index contributed by atoms with van der Waals surface area (Å²) in [5, 5.41) is 2.86. The van der Waals surface area contributed by atoms with Crippen LogP contribution in [-0.4, -0.2) is 58.2 Å². The third-order valence-corrected chi connectivity index (χ3v) is 6.09. The first-order chi connectivity index (χ1) is 15.0. The van der Waals surface area contributed by atoms with Crippen molar-refractivity contribution in [2.24, 2.45) is 5.92 Å². The number of amides is 3. The Balaban J connectivity index is 1.40. The fraction of sp³-hybridized carbons (Fsp3) is 0.417. The van der Waals surface area contributed by atoms with E-state index < -0.39 is 6.04 Å². The molecule has 3 heterocycles. The van der Waals surface area contributed by atoms with Gasteiger partial charge in [0.25, 0.3) is 5.91 Å². The van der Waals surface area contributed by atoms with E-state index in [1.807, 2.05) is 31.2 Å². The Hall–Kier alpha value is -3.22. The zero-order chi connectivity index (χ0) is 21.8. The number of aryl methyl sites for hydroxylation is 1. The van der Waals surface area contributed by atoms with Crippen LogP contribution in [0.1, 0.15) is 41.6 Å². The van der Waals surface area contributed by atoms with E-state index in [0.29, 0.717) is 37.4 Å². The van der Waals surface area contributed by atoms with Crippen molar-refractivity contribution in [2.45, 2.75) is 38.6 Å². The molecule has 7 heteroatoms. The van der Waals surface area contributed by atoms with Gasteiger partial charge in [0.2, 0.25) is 11.8 Å². The summed E-state index contributed by atoms with van der Waals surface area (Å²) >= 11 is 0. The van der Waals surface area contributed by atoms with Crippen molar-refractivity contribution in [1.29, 1.82) is 0 Å². The smallest absolute Gasteiger partial charge is 0.254 e. The summed E-state index contributed by atoms with van der Waals surface area (Å²) in [7, 11) is 0. The molecule has 2 aliphatic heterocycles. The van der Waals surface area contributed by atoms with Crippen LogP contribution in [0.15, 0.2) is 48.7 Å². The largest absolute Gasteiger partial charge is 0.340 e. The van der Waals surface area contributed by atoms with E-state index in [2.05, 4.69) is 10.3 Å². The number of aromatic nitrogens is 1. The van der Waals surface area contributed by atoms with Crippen molar-refractivity contribution >= 4 is 23.5 Å². The minimum atomic E-state index is -0.451. The van der Waals surface area contributed by atoms with Gasteiger partial charge in [0.05, 0.1) is 5.92 Å². The van der Waals surface area contributed by atoms with Crippen molar-refractivity contribution in [3.8, 4) is 0 Å². The molecule has 0 spiro atoms. The maximum absolute atomic E-state index is 13.3. The van der Waals surface area contributed by atoms with Gasteiger partial charge in [0.15, 0.2) is 0 Å². The standard InChI is InChI=1S/C24H28N4O3/c1-17-11-12-21(25-15-17)26-22(29)19-9-5-13-27(16-19)24(31)20-10-6-14-28(20)23(30)18-7-3-2-4-8-18/h2-4,7-8,11-12,15,19-20H,5-6,9-10,13-14,16H2,1H3,(H,25,26,29). The number of nitrogens with one attached hydrogen (secondary N) is 1. The number of pyridine rings is 1. The van der Waals surface area contributed by atoms with E-state index in [9.17, 15) is 14.4 Å². The lowest BCUT2D eigenvalue weighted by Gasteiger charge is -2.35. The molecule has 2 unspecified atom stereocenters. The van der Waals surface area contributed by atoms with Crippen molar-refractivity contribution in [2.75, 3.05) is 25.0 Å². The highest BCUT2D eigenvalue weighted by molar-refractivity contribution is 5.98. The Morgan fingerprint density at radius 3 is 2.52 bits per heavy atom. The van der Waals surface area contributed by atoms with Gasteiger partial charge in [0.1, 0.15) is 11.9 Å². The molecule has 1 aromatic heterocycles. The molecular formula is C24H28N4O3. The van der Waals surface area contributed by atoms with Gasteiger partial charge in [0, 0.05) is 31.4 Å². The highest BCUT2D eigenvalue weighted by atomic mass is 16.2. The molecule has 2 aromatic rings. The zero-order valence-electron chi connectivity index (χ0n) is 17.8. The van der Waals surface area contributed by atoms with E-state index in [1.54, 1.807) is 34.2 Å². The van der Waals surface area contributed by atoms with Gasteiger partial charge < -0.3 is 15.1 Å². The van der Waals surface area contributed by atoms with Gasteiger partial charge in [-0.2, -0.15) is 0 Å². The lowest BCUT2D eigenvalue weighted by Crippen LogP contribution is -2.51. The molecule has 0 saturated carbocycles. The zero-order valence-corrected chi connectivity index (χ0v) is 17.8. The Kier molecular flexibility index (Phi) is 6.30. The van der Waals surface area contributed by atoms with E-state index in [4.69, 9.17) is 0 Å². The molecule has 2 atom stereocenters. The second-order valence-corrected chi connectivity index (χ2v) is 8.36. The van der Waals surface area contributed by atoms with E-state index >= 15 is 0 Å². The first-order valence-corrected chi connectivity index (χ1v) is 10.9. The summed E-state index contributed by atoms with van der Waals surface area (Å²) in [5.41, 5.74) is 1.63. The van der Waals surface area contributed by atoms with Gasteiger partial charge in [-0.1, -0.05) is 24.3 Å². The van der Waals surface area contributed by atoms with Gasteiger partial charge >= 0.3 is 0 Å². The molecule has 1 N–H and O–H groups in total. The second kappa shape index (κ2) is 9.29. The van der Waals surface area contributed by atoms with E-state index in [1.165, 1.54) is 0 Å². The summed E-state index contributed by atoms with van der Waals surface area (Å²) < 4.78 is 0. The highest BCUT2D eigenvalue weighted by Crippen LogP contribution is 2.25. The molecule has 2 fully saturated rings. The predicted octanol–water partition coefficient (Wildman–Crippen LogP) is 2.87. The monoisotopic (exact) mass is 420 g/mol. The summed E-state index contributed by atoms with van der Waals surface area (Å²) in [6, 6.07) is 12.3. The number of likely N-dealkylation sites (tertiary alicyclic amines) is 2. The number of carbonyl (C=O) groups excluding carboxylic acids is 3. The number of hydrogen-bond donors (Lipinski definition) is 1. The number of hydrogen-bond acceptors (Lipinski definition) is 4. The maximum atomic E-state index is 13.3. The fourth-order valence-electron chi connectivity index (χ4n) is 4.39. The molecule has 0 radical (unpaired) electrons. The summed E-state index contributed by atoms with van der Waals surface area (Å²) in [6.45, 7) is 3.52. The normalized spacial score (nSPS) is 21.1. The van der Waals surface area contributed by atoms with Crippen LogP contribution in [0, 0.1) is 12.8 Å². The van der Waals surface area contributed by atoms with E-state index in [-0.39, 0.29) is 23.6 Å². The fourth-order valence-corrected chi connectivity index (χ4v) is 4.39. The van der Waals surface area contributed by atoms with Crippen LogP contribution >= 0.6 is 0 Å². The Bertz CT molecular complexity index is 945. The minimum absolute atomic E-state index is 0.0484. The van der Waals surface area contributed by atoms with Crippen LogP contribution in [0.2, 0.25) is 0 Å². The lowest BCUT2D eigenvalue weighted by atomic mass is 9.96. The molecule has 2 saturated heterocycles. The molecule has 1 aromatic carbocycles.